The molecule has 1 N–H and O–H groups in total. The summed E-state index contributed by atoms with van der Waals surface area (Å²) in [5.74, 6) is 1.17. The number of piperazine rings is 1. The van der Waals surface area contributed by atoms with Gasteiger partial charge in [-0.3, -0.25) is 4.79 Å². The number of thioether (sulfide) groups is 1. The molecule has 1 heterocycles. The molecule has 2 rings (SSSR count). The molecule has 5 nitrogen and oxygen atoms in total. The van der Waals surface area contributed by atoms with E-state index >= 15 is 0 Å². The summed E-state index contributed by atoms with van der Waals surface area (Å²) in [6, 6.07) is 6.31. The summed E-state index contributed by atoms with van der Waals surface area (Å²) in [7, 11) is 3.76. The average molecular weight is 337 g/mol. The SMILES string of the molecule is COc1cc(CN(C)CCC(=O)N2CCNCC2)ccc1SC. The first-order valence-electron chi connectivity index (χ1n) is 8.02. The lowest BCUT2D eigenvalue weighted by atomic mass is 10.2. The second-order valence-corrected chi connectivity index (χ2v) is 6.66. The van der Waals surface area contributed by atoms with Gasteiger partial charge in [0, 0.05) is 50.6 Å². The monoisotopic (exact) mass is 337 g/mol. The molecule has 1 amide bonds. The smallest absolute Gasteiger partial charge is 0.223 e. The van der Waals surface area contributed by atoms with Gasteiger partial charge >= 0.3 is 0 Å². The van der Waals surface area contributed by atoms with Gasteiger partial charge in [0.15, 0.2) is 0 Å². The molecule has 0 saturated carbocycles. The molecule has 0 aromatic heterocycles. The molecule has 128 valence electrons. The van der Waals surface area contributed by atoms with E-state index in [1.807, 2.05) is 11.2 Å². The molecule has 0 unspecified atom stereocenters. The number of rotatable bonds is 7. The molecule has 0 bridgehead atoms. The van der Waals surface area contributed by atoms with Crippen LogP contribution < -0.4 is 10.1 Å². The largest absolute Gasteiger partial charge is 0.496 e. The summed E-state index contributed by atoms with van der Waals surface area (Å²) < 4.78 is 5.43. The maximum Gasteiger partial charge on any atom is 0.223 e. The maximum absolute atomic E-state index is 12.2. The van der Waals surface area contributed by atoms with Crippen LogP contribution in [0.2, 0.25) is 0 Å². The third kappa shape index (κ3) is 5.41. The molecule has 1 aliphatic rings. The number of nitrogens with zero attached hydrogens (tertiary/aromatic N) is 2. The first-order chi connectivity index (χ1) is 11.1. The molecule has 1 aromatic rings. The van der Waals surface area contributed by atoms with Crippen molar-refractivity contribution in [1.29, 1.82) is 0 Å². The van der Waals surface area contributed by atoms with E-state index in [4.69, 9.17) is 4.74 Å². The Hall–Kier alpha value is -1.24. The highest BCUT2D eigenvalue weighted by atomic mass is 32.2. The Kier molecular flexibility index (Phi) is 7.20. The number of methoxy groups -OCH3 is 1. The zero-order valence-corrected chi connectivity index (χ0v) is 15.1. The van der Waals surface area contributed by atoms with Gasteiger partial charge in [-0.1, -0.05) is 6.07 Å². The van der Waals surface area contributed by atoms with Crippen molar-refractivity contribution < 1.29 is 9.53 Å². The third-order valence-corrected chi connectivity index (χ3v) is 4.85. The van der Waals surface area contributed by atoms with Gasteiger partial charge in [0.1, 0.15) is 5.75 Å². The Labute approximate surface area is 143 Å². The van der Waals surface area contributed by atoms with Gasteiger partial charge in [-0.25, -0.2) is 0 Å². The maximum atomic E-state index is 12.2. The topological polar surface area (TPSA) is 44.8 Å². The molecule has 6 heteroatoms. The highest BCUT2D eigenvalue weighted by Crippen LogP contribution is 2.28. The highest BCUT2D eigenvalue weighted by molar-refractivity contribution is 7.98. The van der Waals surface area contributed by atoms with Gasteiger partial charge in [0.2, 0.25) is 5.91 Å². The lowest BCUT2D eigenvalue weighted by Crippen LogP contribution is -2.47. The second-order valence-electron chi connectivity index (χ2n) is 5.81. The predicted molar refractivity (Wildman–Crippen MR) is 95.2 cm³/mol. The number of nitrogens with one attached hydrogen (secondary N) is 1. The molecule has 1 aliphatic heterocycles. The first-order valence-corrected chi connectivity index (χ1v) is 9.24. The van der Waals surface area contributed by atoms with Crippen LogP contribution in [0.1, 0.15) is 12.0 Å². The molecule has 1 saturated heterocycles. The number of amides is 1. The van der Waals surface area contributed by atoms with Gasteiger partial charge in [-0.15, -0.1) is 11.8 Å². The standard InChI is InChI=1S/C17H27N3O2S/c1-19(9-6-17(21)20-10-7-18-8-11-20)13-14-4-5-16(23-3)15(12-14)22-2/h4-5,12,18H,6-11,13H2,1-3H3. The molecule has 0 radical (unpaired) electrons. The summed E-state index contributed by atoms with van der Waals surface area (Å²) in [5.41, 5.74) is 1.21. The second kappa shape index (κ2) is 9.15. The molecule has 0 aliphatic carbocycles. The van der Waals surface area contributed by atoms with Crippen molar-refractivity contribution in [3.63, 3.8) is 0 Å². The predicted octanol–water partition coefficient (Wildman–Crippen LogP) is 1.67. The fraction of sp³-hybridized carbons (Fsp3) is 0.588. The summed E-state index contributed by atoms with van der Waals surface area (Å²) in [6.45, 7) is 5.06. The fourth-order valence-corrected chi connectivity index (χ4v) is 3.28. The van der Waals surface area contributed by atoms with Crippen LogP contribution in [-0.4, -0.2) is 68.8 Å². The van der Waals surface area contributed by atoms with Crippen LogP contribution in [0.25, 0.3) is 0 Å². The molecule has 0 atom stereocenters. The minimum atomic E-state index is 0.258. The van der Waals surface area contributed by atoms with E-state index in [1.165, 1.54) is 5.56 Å². The van der Waals surface area contributed by atoms with Crippen molar-refractivity contribution >= 4 is 17.7 Å². The summed E-state index contributed by atoms with van der Waals surface area (Å²) in [4.78, 5) is 17.5. The van der Waals surface area contributed by atoms with Gasteiger partial charge in [0.25, 0.3) is 0 Å². The molecule has 1 aromatic carbocycles. The Bertz CT molecular complexity index is 519. The normalized spacial score (nSPS) is 15.0. The molecule has 0 spiro atoms. The number of hydrogen-bond donors (Lipinski definition) is 1. The summed E-state index contributed by atoms with van der Waals surface area (Å²) in [5, 5.41) is 3.27. The summed E-state index contributed by atoms with van der Waals surface area (Å²) >= 11 is 1.68. The van der Waals surface area contributed by atoms with Crippen molar-refractivity contribution in [3.8, 4) is 5.75 Å². The van der Waals surface area contributed by atoms with Crippen molar-refractivity contribution in [2.45, 2.75) is 17.9 Å². The van der Waals surface area contributed by atoms with E-state index in [9.17, 15) is 4.79 Å². The van der Waals surface area contributed by atoms with Crippen molar-refractivity contribution in [2.24, 2.45) is 0 Å². The molecular weight excluding hydrogens is 310 g/mol. The number of benzene rings is 1. The lowest BCUT2D eigenvalue weighted by Gasteiger charge is -2.28. The van der Waals surface area contributed by atoms with Crippen LogP contribution in [0.15, 0.2) is 23.1 Å². The van der Waals surface area contributed by atoms with Gasteiger partial charge in [0.05, 0.1) is 7.11 Å². The Morgan fingerprint density at radius 1 is 1.39 bits per heavy atom. The van der Waals surface area contributed by atoms with E-state index in [0.717, 1.165) is 49.9 Å². The van der Waals surface area contributed by atoms with E-state index in [0.29, 0.717) is 6.42 Å². The van der Waals surface area contributed by atoms with Crippen molar-refractivity contribution in [2.75, 3.05) is 53.1 Å². The minimum absolute atomic E-state index is 0.258. The quantitative estimate of drug-likeness (QED) is 0.767. The summed E-state index contributed by atoms with van der Waals surface area (Å²) in [6.07, 6.45) is 2.63. The zero-order chi connectivity index (χ0) is 16.7. The highest BCUT2D eigenvalue weighted by Gasteiger charge is 2.16. The first kappa shape index (κ1) is 18.1. The van der Waals surface area contributed by atoms with Crippen LogP contribution in [-0.2, 0) is 11.3 Å². The van der Waals surface area contributed by atoms with Gasteiger partial charge in [-0.2, -0.15) is 0 Å². The van der Waals surface area contributed by atoms with Gasteiger partial charge < -0.3 is 19.9 Å². The average Bonchev–Trinajstić information content (AvgIpc) is 2.60. The van der Waals surface area contributed by atoms with E-state index in [-0.39, 0.29) is 5.91 Å². The van der Waals surface area contributed by atoms with E-state index in [1.54, 1.807) is 18.9 Å². The Morgan fingerprint density at radius 3 is 2.78 bits per heavy atom. The van der Waals surface area contributed by atoms with Crippen LogP contribution in [0, 0.1) is 0 Å². The lowest BCUT2D eigenvalue weighted by molar-refractivity contribution is -0.132. The zero-order valence-electron chi connectivity index (χ0n) is 14.3. The number of hydrogen-bond acceptors (Lipinski definition) is 5. The van der Waals surface area contributed by atoms with E-state index < -0.39 is 0 Å². The molecule has 23 heavy (non-hydrogen) atoms. The van der Waals surface area contributed by atoms with Crippen LogP contribution in [0.4, 0.5) is 0 Å². The van der Waals surface area contributed by atoms with E-state index in [2.05, 4.69) is 35.5 Å². The van der Waals surface area contributed by atoms with Crippen LogP contribution >= 0.6 is 11.8 Å². The van der Waals surface area contributed by atoms with Crippen molar-refractivity contribution in [1.82, 2.24) is 15.1 Å². The molecule has 1 fully saturated rings. The number of carbonyl (C=O) groups excluding carboxylic acids is 1. The molecular formula is C17H27N3O2S. The Balaban J connectivity index is 1.82. The number of ether oxygens (including phenoxy) is 1. The Morgan fingerprint density at radius 2 is 2.13 bits per heavy atom. The number of carbonyl (C=O) groups is 1. The fourth-order valence-electron chi connectivity index (χ4n) is 2.73. The minimum Gasteiger partial charge on any atom is -0.496 e. The van der Waals surface area contributed by atoms with Gasteiger partial charge in [-0.05, 0) is 31.0 Å². The van der Waals surface area contributed by atoms with Crippen molar-refractivity contribution in [3.05, 3.63) is 23.8 Å². The third-order valence-electron chi connectivity index (χ3n) is 4.08. The van der Waals surface area contributed by atoms with Crippen LogP contribution in [0.3, 0.4) is 0 Å². The van der Waals surface area contributed by atoms with Crippen LogP contribution in [0.5, 0.6) is 5.75 Å².